The van der Waals surface area contributed by atoms with E-state index in [-0.39, 0.29) is 5.78 Å². The van der Waals surface area contributed by atoms with Gasteiger partial charge < -0.3 is 9.47 Å². The summed E-state index contributed by atoms with van der Waals surface area (Å²) in [7, 11) is 3.04. The van der Waals surface area contributed by atoms with E-state index in [0.717, 1.165) is 0 Å². The number of alkyl halides is 1. The summed E-state index contributed by atoms with van der Waals surface area (Å²) in [5, 5.41) is -0.589. The molecule has 1 unspecified atom stereocenters. The molecule has 0 fully saturated rings. The lowest BCUT2D eigenvalue weighted by atomic mass is 10.1. The van der Waals surface area contributed by atoms with E-state index in [2.05, 4.69) is 15.9 Å². The Hall–Kier alpha value is -0.740. The van der Waals surface area contributed by atoms with Gasteiger partial charge in [0.1, 0.15) is 16.0 Å². The molecule has 0 amide bonds. The molecule has 1 aromatic carbocycles. The Kier molecular flexibility index (Phi) is 4.62. The minimum Gasteiger partial charge on any atom is -0.495 e. The van der Waals surface area contributed by atoms with E-state index >= 15 is 0 Å². The maximum Gasteiger partial charge on any atom is 0.184 e. The predicted octanol–water partition coefficient (Wildman–Crippen LogP) is 3.28. The molecule has 0 saturated heterocycles. The molecule has 5 heteroatoms. The predicted molar refractivity (Wildman–Crippen MR) is 66.9 cm³/mol. The van der Waals surface area contributed by atoms with E-state index in [4.69, 9.17) is 21.1 Å². The molecular formula is C11H12BrClO3. The molecule has 0 radical (unpaired) electrons. The second-order valence-electron chi connectivity index (χ2n) is 3.14. The van der Waals surface area contributed by atoms with E-state index in [1.54, 1.807) is 26.2 Å². The van der Waals surface area contributed by atoms with Crippen LogP contribution in [0.3, 0.4) is 0 Å². The van der Waals surface area contributed by atoms with Gasteiger partial charge in [0.05, 0.1) is 25.2 Å². The van der Waals surface area contributed by atoms with Crippen LogP contribution in [0.25, 0.3) is 0 Å². The highest BCUT2D eigenvalue weighted by atomic mass is 79.9. The fourth-order valence-electron chi connectivity index (χ4n) is 1.30. The first kappa shape index (κ1) is 13.3. The van der Waals surface area contributed by atoms with E-state index < -0.39 is 5.38 Å². The van der Waals surface area contributed by atoms with Gasteiger partial charge in [0.25, 0.3) is 0 Å². The summed E-state index contributed by atoms with van der Waals surface area (Å²) in [4.78, 5) is 11.8. The number of rotatable bonds is 4. The Morgan fingerprint density at radius 3 is 2.44 bits per heavy atom. The number of hydrogen-bond acceptors (Lipinski definition) is 3. The first-order valence-corrected chi connectivity index (χ1v) is 5.84. The van der Waals surface area contributed by atoms with Crippen molar-refractivity contribution in [3.63, 3.8) is 0 Å². The van der Waals surface area contributed by atoms with Crippen molar-refractivity contribution in [1.29, 1.82) is 0 Å². The van der Waals surface area contributed by atoms with Gasteiger partial charge >= 0.3 is 0 Å². The maximum absolute atomic E-state index is 11.8. The normalized spacial score (nSPS) is 12.1. The van der Waals surface area contributed by atoms with Crippen molar-refractivity contribution in [1.82, 2.24) is 0 Å². The van der Waals surface area contributed by atoms with Gasteiger partial charge in [-0.25, -0.2) is 0 Å². The fraction of sp³-hybridized carbons (Fsp3) is 0.364. The molecule has 0 aliphatic heterocycles. The highest BCUT2D eigenvalue weighted by Crippen LogP contribution is 2.37. The van der Waals surface area contributed by atoms with Crippen LogP contribution in [0.15, 0.2) is 16.6 Å². The molecule has 0 aliphatic rings. The summed E-state index contributed by atoms with van der Waals surface area (Å²) in [6.45, 7) is 1.63. The van der Waals surface area contributed by atoms with Gasteiger partial charge in [-0.3, -0.25) is 4.79 Å². The molecular weight excluding hydrogens is 295 g/mol. The monoisotopic (exact) mass is 306 g/mol. The van der Waals surface area contributed by atoms with Crippen molar-refractivity contribution < 1.29 is 14.3 Å². The molecule has 1 rings (SSSR count). The summed E-state index contributed by atoms with van der Waals surface area (Å²) >= 11 is 9.09. The van der Waals surface area contributed by atoms with E-state index in [0.29, 0.717) is 21.5 Å². The first-order chi connectivity index (χ1) is 7.52. The standard InChI is InChI=1S/C11H12BrClO3/c1-6(13)10(14)7-4-5-8(15-2)9(12)11(7)16-3/h4-6H,1-3H3. The van der Waals surface area contributed by atoms with Crippen molar-refractivity contribution in [3.05, 3.63) is 22.2 Å². The Bertz CT molecular complexity index is 404. The number of carbonyl (C=O) groups excluding carboxylic acids is 1. The van der Waals surface area contributed by atoms with Crippen molar-refractivity contribution in [2.75, 3.05) is 14.2 Å². The van der Waals surface area contributed by atoms with Crippen LogP contribution in [0.4, 0.5) is 0 Å². The molecule has 1 aromatic rings. The van der Waals surface area contributed by atoms with Gasteiger partial charge in [-0.2, -0.15) is 0 Å². The molecule has 88 valence electrons. The molecule has 0 bridgehead atoms. The van der Waals surface area contributed by atoms with Crippen molar-refractivity contribution in [3.8, 4) is 11.5 Å². The molecule has 0 aromatic heterocycles. The second-order valence-corrected chi connectivity index (χ2v) is 4.59. The third kappa shape index (κ3) is 2.50. The Morgan fingerprint density at radius 2 is 2.00 bits per heavy atom. The average molecular weight is 308 g/mol. The Balaban J connectivity index is 3.31. The molecule has 1 atom stereocenters. The van der Waals surface area contributed by atoms with Crippen LogP contribution in [0, 0.1) is 0 Å². The van der Waals surface area contributed by atoms with Gasteiger partial charge in [0, 0.05) is 0 Å². The summed E-state index contributed by atoms with van der Waals surface area (Å²) in [5.74, 6) is 0.870. The van der Waals surface area contributed by atoms with Crippen LogP contribution in [0.1, 0.15) is 17.3 Å². The quantitative estimate of drug-likeness (QED) is 0.632. The number of halogens is 2. The second kappa shape index (κ2) is 5.55. The smallest absolute Gasteiger partial charge is 0.184 e. The minimum atomic E-state index is -0.589. The van der Waals surface area contributed by atoms with Crippen LogP contribution in [0.2, 0.25) is 0 Å². The van der Waals surface area contributed by atoms with E-state index in [1.807, 2.05) is 0 Å². The maximum atomic E-state index is 11.8. The third-order valence-corrected chi connectivity index (χ3v) is 3.06. The zero-order valence-corrected chi connectivity index (χ0v) is 11.6. The number of carbonyl (C=O) groups is 1. The van der Waals surface area contributed by atoms with Crippen LogP contribution in [-0.2, 0) is 0 Å². The zero-order chi connectivity index (χ0) is 12.3. The van der Waals surface area contributed by atoms with Crippen LogP contribution in [-0.4, -0.2) is 25.4 Å². The average Bonchev–Trinajstić information content (AvgIpc) is 2.27. The first-order valence-electron chi connectivity index (χ1n) is 4.61. The molecule has 0 heterocycles. The van der Waals surface area contributed by atoms with Crippen LogP contribution in [0.5, 0.6) is 11.5 Å². The highest BCUT2D eigenvalue weighted by Gasteiger charge is 2.21. The number of Topliss-reactive ketones (excluding diaryl/α,β-unsaturated/α-hetero) is 1. The lowest BCUT2D eigenvalue weighted by Crippen LogP contribution is -2.12. The summed E-state index contributed by atoms with van der Waals surface area (Å²) < 4.78 is 10.9. The Labute approximate surface area is 108 Å². The van der Waals surface area contributed by atoms with Gasteiger partial charge in [-0.1, -0.05) is 0 Å². The number of ketones is 1. The van der Waals surface area contributed by atoms with E-state index in [9.17, 15) is 4.79 Å². The molecule has 3 nitrogen and oxygen atoms in total. The van der Waals surface area contributed by atoms with E-state index in [1.165, 1.54) is 7.11 Å². The number of ether oxygens (including phenoxy) is 2. The van der Waals surface area contributed by atoms with Crippen molar-refractivity contribution >= 4 is 33.3 Å². The van der Waals surface area contributed by atoms with Crippen LogP contribution < -0.4 is 9.47 Å². The van der Waals surface area contributed by atoms with Crippen molar-refractivity contribution in [2.24, 2.45) is 0 Å². The van der Waals surface area contributed by atoms with Crippen LogP contribution >= 0.6 is 27.5 Å². The van der Waals surface area contributed by atoms with Gasteiger partial charge in [-0.15, -0.1) is 11.6 Å². The fourth-order valence-corrected chi connectivity index (χ4v) is 2.09. The van der Waals surface area contributed by atoms with Gasteiger partial charge in [0.15, 0.2) is 5.78 Å². The topological polar surface area (TPSA) is 35.5 Å². The van der Waals surface area contributed by atoms with Gasteiger partial charge in [-0.05, 0) is 35.0 Å². The largest absolute Gasteiger partial charge is 0.495 e. The molecule has 0 N–H and O–H groups in total. The molecule has 0 aliphatic carbocycles. The zero-order valence-electron chi connectivity index (χ0n) is 9.21. The minimum absolute atomic E-state index is 0.179. The lowest BCUT2D eigenvalue weighted by Gasteiger charge is -2.13. The highest BCUT2D eigenvalue weighted by molar-refractivity contribution is 9.10. The third-order valence-electron chi connectivity index (χ3n) is 2.11. The van der Waals surface area contributed by atoms with Crippen molar-refractivity contribution in [2.45, 2.75) is 12.3 Å². The molecule has 0 saturated carbocycles. The lowest BCUT2D eigenvalue weighted by molar-refractivity contribution is 0.0988. The number of hydrogen-bond donors (Lipinski definition) is 0. The Morgan fingerprint density at radius 1 is 1.38 bits per heavy atom. The SMILES string of the molecule is COc1ccc(C(=O)C(C)Cl)c(OC)c1Br. The summed E-state index contributed by atoms with van der Waals surface area (Å²) in [6, 6.07) is 3.34. The summed E-state index contributed by atoms with van der Waals surface area (Å²) in [6.07, 6.45) is 0. The molecule has 0 spiro atoms. The number of benzene rings is 1. The van der Waals surface area contributed by atoms with Gasteiger partial charge in [0.2, 0.25) is 0 Å². The molecule has 16 heavy (non-hydrogen) atoms. The summed E-state index contributed by atoms with van der Waals surface area (Å²) in [5.41, 5.74) is 0.442. The number of methoxy groups -OCH3 is 2.